The quantitative estimate of drug-likeness (QED) is 0.774. The van der Waals surface area contributed by atoms with Gasteiger partial charge in [-0.3, -0.25) is 4.90 Å². The first-order valence-electron chi connectivity index (χ1n) is 6.36. The van der Waals surface area contributed by atoms with Gasteiger partial charge in [-0.25, -0.2) is 0 Å². The van der Waals surface area contributed by atoms with Crippen molar-refractivity contribution >= 4 is 0 Å². The lowest BCUT2D eigenvalue weighted by Crippen LogP contribution is -2.29. The minimum absolute atomic E-state index is 0.296. The van der Waals surface area contributed by atoms with Crippen LogP contribution in [-0.4, -0.2) is 18.0 Å². The molecule has 1 aromatic carbocycles. The van der Waals surface area contributed by atoms with Gasteiger partial charge >= 0.3 is 6.18 Å². The highest BCUT2D eigenvalue weighted by Gasteiger charge is 2.32. The van der Waals surface area contributed by atoms with Crippen LogP contribution in [0.2, 0.25) is 0 Å². The fourth-order valence-electron chi connectivity index (χ4n) is 2.45. The van der Waals surface area contributed by atoms with Gasteiger partial charge in [0.1, 0.15) is 0 Å². The number of hydrogen-bond donors (Lipinski definition) is 0. The molecule has 1 nitrogen and oxygen atoms in total. The number of alkyl halides is 3. The number of rotatable bonds is 2. The van der Waals surface area contributed by atoms with E-state index in [0.717, 1.165) is 31.5 Å². The van der Waals surface area contributed by atoms with Crippen molar-refractivity contribution in [2.75, 3.05) is 13.1 Å². The number of benzene rings is 1. The third kappa shape index (κ3) is 3.25. The number of aryl methyl sites for hydroxylation is 1. The summed E-state index contributed by atoms with van der Waals surface area (Å²) in [7, 11) is 0. The van der Waals surface area contributed by atoms with Gasteiger partial charge in [0.2, 0.25) is 0 Å². The molecule has 18 heavy (non-hydrogen) atoms. The summed E-state index contributed by atoms with van der Waals surface area (Å²) in [6.07, 6.45) is -0.712. The van der Waals surface area contributed by atoms with Crippen molar-refractivity contribution in [3.05, 3.63) is 34.9 Å². The molecule has 1 aromatic rings. The Labute approximate surface area is 106 Å². The first-order chi connectivity index (χ1) is 8.47. The lowest BCUT2D eigenvalue weighted by molar-refractivity contribution is -0.138. The van der Waals surface area contributed by atoms with Crippen LogP contribution in [0.4, 0.5) is 13.2 Å². The second kappa shape index (κ2) is 5.31. The van der Waals surface area contributed by atoms with E-state index in [0.29, 0.717) is 12.1 Å². The lowest BCUT2D eigenvalue weighted by atomic mass is 10.0. The van der Waals surface area contributed by atoms with Gasteiger partial charge in [0.25, 0.3) is 0 Å². The zero-order valence-corrected chi connectivity index (χ0v) is 10.6. The first-order valence-corrected chi connectivity index (χ1v) is 6.36. The lowest BCUT2D eigenvalue weighted by Gasteiger charge is -2.26. The van der Waals surface area contributed by atoms with Crippen molar-refractivity contribution in [2.45, 2.75) is 38.9 Å². The zero-order valence-electron chi connectivity index (χ0n) is 10.6. The maximum Gasteiger partial charge on any atom is 0.416 e. The Balaban J connectivity index is 2.14. The molecule has 1 fully saturated rings. The highest BCUT2D eigenvalue weighted by molar-refractivity contribution is 5.33. The van der Waals surface area contributed by atoms with Crippen LogP contribution in [0.3, 0.4) is 0 Å². The number of hydrogen-bond acceptors (Lipinski definition) is 1. The van der Waals surface area contributed by atoms with Crippen LogP contribution in [0.15, 0.2) is 18.2 Å². The first kappa shape index (κ1) is 13.4. The molecule has 0 N–H and O–H groups in total. The Hall–Kier alpha value is -1.03. The summed E-state index contributed by atoms with van der Waals surface area (Å²) in [5.74, 6) is 0. The molecule has 4 heteroatoms. The summed E-state index contributed by atoms with van der Waals surface area (Å²) in [5.41, 5.74) is 0.553. The van der Waals surface area contributed by atoms with Gasteiger partial charge in [-0.05, 0) is 50.0 Å². The third-order valence-electron chi connectivity index (χ3n) is 3.46. The van der Waals surface area contributed by atoms with Crippen LogP contribution in [-0.2, 0) is 12.7 Å². The summed E-state index contributed by atoms with van der Waals surface area (Å²) in [5, 5.41) is 0. The number of halogens is 3. The number of nitrogens with zero attached hydrogens (tertiary/aromatic N) is 1. The smallest absolute Gasteiger partial charge is 0.299 e. The van der Waals surface area contributed by atoms with Crippen molar-refractivity contribution in [3.63, 3.8) is 0 Å². The summed E-state index contributed by atoms with van der Waals surface area (Å²) in [6.45, 7) is 4.13. The minimum atomic E-state index is -4.25. The fraction of sp³-hybridized carbons (Fsp3) is 0.571. The van der Waals surface area contributed by atoms with Crippen molar-refractivity contribution in [1.29, 1.82) is 0 Å². The van der Waals surface area contributed by atoms with E-state index in [1.165, 1.54) is 19.4 Å². The Morgan fingerprint density at radius 1 is 1.11 bits per heavy atom. The molecule has 0 aromatic heterocycles. The van der Waals surface area contributed by atoms with Gasteiger partial charge in [0, 0.05) is 6.54 Å². The molecule has 1 saturated heterocycles. The Kier molecular flexibility index (Phi) is 3.95. The molecule has 2 rings (SSSR count). The van der Waals surface area contributed by atoms with E-state index in [9.17, 15) is 13.2 Å². The van der Waals surface area contributed by atoms with Crippen LogP contribution in [0.25, 0.3) is 0 Å². The predicted octanol–water partition coefficient (Wildman–Crippen LogP) is 4.00. The SMILES string of the molecule is Cc1ccc(CN2CCCCC2)cc1C(F)(F)F. The predicted molar refractivity (Wildman–Crippen MR) is 65.3 cm³/mol. The zero-order chi connectivity index (χ0) is 13.2. The van der Waals surface area contributed by atoms with E-state index in [1.54, 1.807) is 12.1 Å². The van der Waals surface area contributed by atoms with Crippen LogP contribution in [0.5, 0.6) is 0 Å². The normalized spacial score (nSPS) is 18.0. The monoisotopic (exact) mass is 257 g/mol. The van der Waals surface area contributed by atoms with E-state index >= 15 is 0 Å². The van der Waals surface area contributed by atoms with Crippen LogP contribution >= 0.6 is 0 Å². The average molecular weight is 257 g/mol. The maximum atomic E-state index is 12.8. The van der Waals surface area contributed by atoms with Crippen molar-refractivity contribution in [2.24, 2.45) is 0 Å². The third-order valence-corrected chi connectivity index (χ3v) is 3.46. The summed E-state index contributed by atoms with van der Waals surface area (Å²) in [4.78, 5) is 2.23. The molecule has 0 atom stereocenters. The molecule has 0 saturated carbocycles. The summed E-state index contributed by atoms with van der Waals surface area (Å²) >= 11 is 0. The summed E-state index contributed by atoms with van der Waals surface area (Å²) in [6, 6.07) is 4.67. The van der Waals surface area contributed by atoms with Gasteiger partial charge in [-0.15, -0.1) is 0 Å². The molecule has 0 spiro atoms. The van der Waals surface area contributed by atoms with E-state index in [1.807, 2.05) is 0 Å². The van der Waals surface area contributed by atoms with E-state index in [-0.39, 0.29) is 0 Å². The maximum absolute atomic E-state index is 12.8. The standard InChI is InChI=1S/C14H18F3N/c1-11-5-6-12(9-13(11)14(15,16)17)10-18-7-3-2-4-8-18/h5-6,9H,2-4,7-8,10H2,1H3. The highest BCUT2D eigenvalue weighted by atomic mass is 19.4. The molecular formula is C14H18F3N. The van der Waals surface area contributed by atoms with Gasteiger partial charge in [0.05, 0.1) is 5.56 Å². The molecule has 0 aliphatic carbocycles. The Morgan fingerprint density at radius 2 is 1.78 bits per heavy atom. The Morgan fingerprint density at radius 3 is 2.39 bits per heavy atom. The molecule has 1 heterocycles. The second-order valence-electron chi connectivity index (χ2n) is 4.98. The summed E-state index contributed by atoms with van der Waals surface area (Å²) < 4.78 is 38.4. The largest absolute Gasteiger partial charge is 0.416 e. The molecule has 1 aliphatic rings. The molecule has 0 unspecified atom stereocenters. The van der Waals surface area contributed by atoms with Crippen molar-refractivity contribution in [3.8, 4) is 0 Å². The molecular weight excluding hydrogens is 239 g/mol. The van der Waals surface area contributed by atoms with Crippen LogP contribution in [0.1, 0.15) is 36.0 Å². The van der Waals surface area contributed by atoms with Crippen LogP contribution in [0, 0.1) is 6.92 Å². The van der Waals surface area contributed by atoms with Crippen LogP contribution < -0.4 is 0 Å². The van der Waals surface area contributed by atoms with Gasteiger partial charge < -0.3 is 0 Å². The molecule has 0 bridgehead atoms. The number of piperidine rings is 1. The van der Waals surface area contributed by atoms with E-state index in [4.69, 9.17) is 0 Å². The van der Waals surface area contributed by atoms with E-state index < -0.39 is 11.7 Å². The molecule has 1 aliphatic heterocycles. The molecule has 0 amide bonds. The second-order valence-corrected chi connectivity index (χ2v) is 4.98. The van der Waals surface area contributed by atoms with Gasteiger partial charge in [0.15, 0.2) is 0 Å². The van der Waals surface area contributed by atoms with Gasteiger partial charge in [-0.2, -0.15) is 13.2 Å². The molecule has 0 radical (unpaired) electrons. The van der Waals surface area contributed by atoms with Crippen molar-refractivity contribution < 1.29 is 13.2 Å². The number of likely N-dealkylation sites (tertiary alicyclic amines) is 1. The molecule has 100 valence electrons. The van der Waals surface area contributed by atoms with Crippen molar-refractivity contribution in [1.82, 2.24) is 4.90 Å². The Bertz CT molecular complexity index is 406. The van der Waals surface area contributed by atoms with Gasteiger partial charge in [-0.1, -0.05) is 18.6 Å². The topological polar surface area (TPSA) is 3.24 Å². The average Bonchev–Trinajstić information content (AvgIpc) is 2.31. The highest BCUT2D eigenvalue weighted by Crippen LogP contribution is 2.32. The minimum Gasteiger partial charge on any atom is -0.299 e. The van der Waals surface area contributed by atoms with E-state index in [2.05, 4.69) is 4.90 Å². The fourth-order valence-corrected chi connectivity index (χ4v) is 2.45.